The van der Waals surface area contributed by atoms with E-state index < -0.39 is 0 Å². The highest BCUT2D eigenvalue weighted by atomic mass is 16.4. The number of hydrogen-bond acceptors (Lipinski definition) is 4. The lowest BCUT2D eigenvalue weighted by Crippen LogP contribution is -2.09. The minimum absolute atomic E-state index is 0.0957. The van der Waals surface area contributed by atoms with Gasteiger partial charge in [0.15, 0.2) is 5.58 Å². The van der Waals surface area contributed by atoms with E-state index in [2.05, 4.69) is 34.1 Å². The van der Waals surface area contributed by atoms with Gasteiger partial charge in [-0.3, -0.25) is 4.79 Å². The molecule has 4 heteroatoms. The molecule has 1 aromatic heterocycles. The van der Waals surface area contributed by atoms with Crippen LogP contribution < -0.4 is 4.90 Å². The molecule has 4 aromatic carbocycles. The molecule has 0 aliphatic carbocycles. The quantitative estimate of drug-likeness (QED) is 0.217. The number of carbonyl (C=O) groups excluding carboxylic acids is 1. The van der Waals surface area contributed by atoms with Crippen LogP contribution in [0.4, 0.5) is 17.1 Å². The zero-order chi connectivity index (χ0) is 21.8. The number of carbonyl (C=O) groups is 1. The number of allylic oxidation sites excluding steroid dienone is 1. The summed E-state index contributed by atoms with van der Waals surface area (Å²) in [5, 5.41) is 0. The number of anilines is 3. The predicted molar refractivity (Wildman–Crippen MR) is 128 cm³/mol. The van der Waals surface area contributed by atoms with Crippen LogP contribution in [0.25, 0.3) is 17.2 Å². The molecule has 0 atom stereocenters. The maximum atomic E-state index is 12.5. The number of oxazole rings is 1. The fraction of sp³-hybridized carbons (Fsp3) is 0. The van der Waals surface area contributed by atoms with Gasteiger partial charge in [0.2, 0.25) is 5.78 Å². The second kappa shape index (κ2) is 8.74. The highest BCUT2D eigenvalue weighted by Crippen LogP contribution is 2.34. The van der Waals surface area contributed by atoms with E-state index in [1.165, 1.54) is 6.08 Å². The van der Waals surface area contributed by atoms with Crippen molar-refractivity contribution in [1.29, 1.82) is 0 Å². The second-order valence-corrected chi connectivity index (χ2v) is 7.28. The van der Waals surface area contributed by atoms with Crippen LogP contribution >= 0.6 is 0 Å². The Kier molecular flexibility index (Phi) is 5.33. The molecule has 0 fully saturated rings. The standard InChI is InChI=1S/C28H20N2O2/c31-26(28-29-25-13-7-8-14-27(25)32-28)20-17-21-15-18-24(19-16-21)30(22-9-3-1-4-10-22)23-11-5-2-6-12-23/h1-20H. The van der Waals surface area contributed by atoms with Crippen molar-refractivity contribution in [3.05, 3.63) is 127 Å². The summed E-state index contributed by atoms with van der Waals surface area (Å²) < 4.78 is 5.55. The minimum atomic E-state index is -0.263. The zero-order valence-corrected chi connectivity index (χ0v) is 17.3. The van der Waals surface area contributed by atoms with Crippen molar-refractivity contribution in [2.45, 2.75) is 0 Å². The first-order valence-electron chi connectivity index (χ1n) is 10.4. The Hall–Kier alpha value is -4.44. The van der Waals surface area contributed by atoms with Gasteiger partial charge in [0.1, 0.15) is 5.52 Å². The molecule has 0 amide bonds. The topological polar surface area (TPSA) is 46.3 Å². The smallest absolute Gasteiger partial charge is 0.268 e. The van der Waals surface area contributed by atoms with Gasteiger partial charge in [-0.25, -0.2) is 4.98 Å². The number of nitrogens with zero attached hydrogens (tertiary/aromatic N) is 2. The molecule has 154 valence electrons. The first-order valence-corrected chi connectivity index (χ1v) is 10.4. The molecular weight excluding hydrogens is 396 g/mol. The maximum Gasteiger partial charge on any atom is 0.268 e. The molecule has 5 aromatic rings. The van der Waals surface area contributed by atoms with Crippen LogP contribution in [-0.2, 0) is 0 Å². The van der Waals surface area contributed by atoms with E-state index in [4.69, 9.17) is 4.42 Å². The molecule has 0 spiro atoms. The third-order valence-corrected chi connectivity index (χ3v) is 5.11. The molecular formula is C28H20N2O2. The molecule has 0 aliphatic heterocycles. The fourth-order valence-corrected chi connectivity index (χ4v) is 3.56. The summed E-state index contributed by atoms with van der Waals surface area (Å²) in [6.45, 7) is 0. The Morgan fingerprint density at radius 1 is 0.688 bits per heavy atom. The Labute approximate surface area is 186 Å². The van der Waals surface area contributed by atoms with Crippen LogP contribution in [-0.4, -0.2) is 10.8 Å². The van der Waals surface area contributed by atoms with Gasteiger partial charge in [-0.15, -0.1) is 0 Å². The third-order valence-electron chi connectivity index (χ3n) is 5.11. The highest BCUT2D eigenvalue weighted by molar-refractivity contribution is 6.04. The summed E-state index contributed by atoms with van der Waals surface area (Å²) in [6.07, 6.45) is 3.27. The van der Waals surface area contributed by atoms with Crippen molar-refractivity contribution in [3.8, 4) is 0 Å². The lowest BCUT2D eigenvalue weighted by Gasteiger charge is -2.25. The van der Waals surface area contributed by atoms with Crippen molar-refractivity contribution in [2.24, 2.45) is 0 Å². The highest BCUT2D eigenvalue weighted by Gasteiger charge is 2.12. The summed E-state index contributed by atoms with van der Waals surface area (Å²) in [5.74, 6) is -0.168. The molecule has 0 unspecified atom stereocenters. The monoisotopic (exact) mass is 416 g/mol. The lowest BCUT2D eigenvalue weighted by atomic mass is 10.1. The number of fused-ring (bicyclic) bond motifs is 1. The van der Waals surface area contributed by atoms with E-state index in [1.807, 2.05) is 78.9 Å². The molecule has 32 heavy (non-hydrogen) atoms. The van der Waals surface area contributed by atoms with Crippen molar-refractivity contribution in [1.82, 2.24) is 4.98 Å². The van der Waals surface area contributed by atoms with Crippen LogP contribution in [0.15, 0.2) is 120 Å². The van der Waals surface area contributed by atoms with Crippen LogP contribution in [0.3, 0.4) is 0 Å². The zero-order valence-electron chi connectivity index (χ0n) is 17.3. The first-order chi connectivity index (χ1) is 15.8. The van der Waals surface area contributed by atoms with Gasteiger partial charge >= 0.3 is 0 Å². The number of hydrogen-bond donors (Lipinski definition) is 0. The van der Waals surface area contributed by atoms with Gasteiger partial charge in [0.25, 0.3) is 5.89 Å². The summed E-state index contributed by atoms with van der Waals surface area (Å²) in [5.41, 5.74) is 5.39. The molecule has 0 saturated heterocycles. The maximum absolute atomic E-state index is 12.5. The van der Waals surface area contributed by atoms with E-state index >= 15 is 0 Å². The largest absolute Gasteiger partial charge is 0.433 e. The van der Waals surface area contributed by atoms with E-state index in [-0.39, 0.29) is 11.7 Å². The number of ketones is 1. The van der Waals surface area contributed by atoms with Crippen LogP contribution in [0.2, 0.25) is 0 Å². The number of aromatic nitrogens is 1. The summed E-state index contributed by atoms with van der Waals surface area (Å²) in [7, 11) is 0. The Morgan fingerprint density at radius 3 is 1.88 bits per heavy atom. The molecule has 0 radical (unpaired) electrons. The van der Waals surface area contributed by atoms with E-state index in [9.17, 15) is 4.79 Å². The number of para-hydroxylation sites is 4. The average molecular weight is 416 g/mol. The SMILES string of the molecule is O=C(C=Cc1ccc(N(c2ccccc2)c2ccccc2)cc1)c1nc2ccccc2o1. The van der Waals surface area contributed by atoms with Gasteiger partial charge in [-0.1, -0.05) is 66.7 Å². The predicted octanol–water partition coefficient (Wildman–Crippen LogP) is 7.19. The molecule has 4 nitrogen and oxygen atoms in total. The molecule has 0 N–H and O–H groups in total. The summed E-state index contributed by atoms with van der Waals surface area (Å²) in [6, 6.07) is 35.9. The van der Waals surface area contributed by atoms with Gasteiger partial charge in [0, 0.05) is 17.1 Å². The van der Waals surface area contributed by atoms with Gasteiger partial charge in [-0.05, 0) is 60.2 Å². The van der Waals surface area contributed by atoms with Crippen molar-refractivity contribution in [2.75, 3.05) is 4.90 Å². The van der Waals surface area contributed by atoms with Crippen LogP contribution in [0, 0.1) is 0 Å². The lowest BCUT2D eigenvalue weighted by molar-refractivity contribution is 0.101. The third kappa shape index (κ3) is 4.07. The van der Waals surface area contributed by atoms with E-state index in [1.54, 1.807) is 12.1 Å². The van der Waals surface area contributed by atoms with Gasteiger partial charge in [-0.2, -0.15) is 0 Å². The molecule has 5 rings (SSSR count). The van der Waals surface area contributed by atoms with Gasteiger partial charge in [0.05, 0.1) is 0 Å². The van der Waals surface area contributed by atoms with E-state index in [0.29, 0.717) is 11.1 Å². The van der Waals surface area contributed by atoms with Crippen LogP contribution in [0.5, 0.6) is 0 Å². The van der Waals surface area contributed by atoms with Crippen molar-refractivity contribution < 1.29 is 9.21 Å². The second-order valence-electron chi connectivity index (χ2n) is 7.28. The minimum Gasteiger partial charge on any atom is -0.433 e. The Morgan fingerprint density at radius 2 is 1.25 bits per heavy atom. The summed E-state index contributed by atoms with van der Waals surface area (Å²) in [4.78, 5) is 18.9. The molecule has 0 saturated carbocycles. The Balaban J connectivity index is 1.39. The number of rotatable bonds is 6. The van der Waals surface area contributed by atoms with Gasteiger partial charge < -0.3 is 9.32 Å². The van der Waals surface area contributed by atoms with Crippen molar-refractivity contribution in [3.63, 3.8) is 0 Å². The number of benzene rings is 4. The van der Waals surface area contributed by atoms with E-state index in [0.717, 1.165) is 22.6 Å². The molecule has 0 bridgehead atoms. The first kappa shape index (κ1) is 19.5. The molecule has 0 aliphatic rings. The van der Waals surface area contributed by atoms with Crippen molar-refractivity contribution >= 4 is 40.0 Å². The summed E-state index contributed by atoms with van der Waals surface area (Å²) >= 11 is 0. The normalized spacial score (nSPS) is 11.1. The fourth-order valence-electron chi connectivity index (χ4n) is 3.56. The molecule has 1 heterocycles. The Bertz CT molecular complexity index is 1300. The van der Waals surface area contributed by atoms with Crippen LogP contribution in [0.1, 0.15) is 16.2 Å². The average Bonchev–Trinajstić information content (AvgIpc) is 3.29.